The lowest BCUT2D eigenvalue weighted by atomic mass is 9.90. The summed E-state index contributed by atoms with van der Waals surface area (Å²) in [6, 6.07) is 0. The van der Waals surface area contributed by atoms with Gasteiger partial charge in [0.1, 0.15) is 0 Å². The van der Waals surface area contributed by atoms with E-state index in [0.717, 1.165) is 38.5 Å². The highest BCUT2D eigenvalue weighted by atomic mass is 16.5. The van der Waals surface area contributed by atoms with Crippen LogP contribution in [0.25, 0.3) is 0 Å². The van der Waals surface area contributed by atoms with Gasteiger partial charge in [-0.2, -0.15) is 0 Å². The van der Waals surface area contributed by atoms with Gasteiger partial charge in [-0.1, -0.05) is 51.9 Å². The summed E-state index contributed by atoms with van der Waals surface area (Å²) in [5.41, 5.74) is 1.12. The van der Waals surface area contributed by atoms with Gasteiger partial charge < -0.3 is 9.47 Å². The zero-order chi connectivity index (χ0) is 17.1. The largest absolute Gasteiger partial charge is 0.466 e. The first-order valence-corrected chi connectivity index (χ1v) is 9.05. The molecule has 1 fully saturated rings. The molecule has 1 aliphatic carbocycles. The van der Waals surface area contributed by atoms with Crippen molar-refractivity contribution in [2.24, 2.45) is 5.92 Å². The van der Waals surface area contributed by atoms with E-state index in [1.807, 2.05) is 0 Å². The summed E-state index contributed by atoms with van der Waals surface area (Å²) in [5, 5.41) is 0. The van der Waals surface area contributed by atoms with Gasteiger partial charge in [0.25, 0.3) is 0 Å². The maximum Gasteiger partial charge on any atom is 0.334 e. The molecule has 4 nitrogen and oxygen atoms in total. The van der Waals surface area contributed by atoms with Crippen LogP contribution in [-0.4, -0.2) is 26.2 Å². The lowest BCUT2D eigenvalue weighted by Gasteiger charge is -2.17. The molecule has 0 radical (unpaired) electrons. The molecule has 1 saturated carbocycles. The third kappa shape index (κ3) is 6.36. The molecule has 0 atom stereocenters. The summed E-state index contributed by atoms with van der Waals surface area (Å²) in [6.07, 6.45) is 11.6. The number of carbonyl (C=O) groups excluding carboxylic acids is 2. The summed E-state index contributed by atoms with van der Waals surface area (Å²) in [4.78, 5) is 24.5. The van der Waals surface area contributed by atoms with Crippen LogP contribution in [-0.2, 0) is 19.1 Å². The molecule has 1 rings (SSSR count). The van der Waals surface area contributed by atoms with Crippen molar-refractivity contribution in [1.82, 2.24) is 0 Å². The molecule has 0 unspecified atom stereocenters. The van der Waals surface area contributed by atoms with Gasteiger partial charge in [0.05, 0.1) is 19.8 Å². The van der Waals surface area contributed by atoms with Gasteiger partial charge in [-0.05, 0) is 31.6 Å². The topological polar surface area (TPSA) is 52.6 Å². The van der Waals surface area contributed by atoms with Crippen molar-refractivity contribution in [3.63, 3.8) is 0 Å². The average molecular weight is 324 g/mol. The minimum atomic E-state index is -0.370. The Morgan fingerprint density at radius 2 is 1.43 bits per heavy atom. The summed E-state index contributed by atoms with van der Waals surface area (Å²) < 4.78 is 9.89. The Morgan fingerprint density at radius 1 is 0.870 bits per heavy atom. The number of hydrogen-bond acceptors (Lipinski definition) is 4. The molecule has 0 aliphatic heterocycles. The normalized spacial score (nSPS) is 16.1. The van der Waals surface area contributed by atoms with E-state index >= 15 is 0 Å². The van der Waals surface area contributed by atoms with Crippen molar-refractivity contribution in [2.75, 3.05) is 14.2 Å². The van der Waals surface area contributed by atoms with E-state index in [-0.39, 0.29) is 17.9 Å². The van der Waals surface area contributed by atoms with E-state index in [2.05, 4.69) is 6.92 Å². The molecule has 0 aromatic carbocycles. The Kier molecular flexibility index (Phi) is 9.65. The van der Waals surface area contributed by atoms with Crippen LogP contribution in [0.1, 0.15) is 77.6 Å². The Hall–Kier alpha value is -1.32. The third-order valence-electron chi connectivity index (χ3n) is 4.71. The summed E-state index contributed by atoms with van der Waals surface area (Å²) in [7, 11) is 2.77. The fraction of sp³-hybridized carbons (Fsp3) is 0.789. The van der Waals surface area contributed by atoms with E-state index in [1.54, 1.807) is 0 Å². The molecule has 0 heterocycles. The van der Waals surface area contributed by atoms with Gasteiger partial charge in [-0.15, -0.1) is 0 Å². The van der Waals surface area contributed by atoms with Crippen molar-refractivity contribution in [3.05, 3.63) is 11.1 Å². The summed E-state index contributed by atoms with van der Waals surface area (Å²) >= 11 is 0. The van der Waals surface area contributed by atoms with E-state index in [9.17, 15) is 9.59 Å². The standard InChI is InChI=1S/C19H32O4/c1-4-5-6-7-8-9-14-16(18(20)22-2)17(19(21)23-3)15-12-10-11-13-15/h15H,4-14H2,1-3H3/b17-16-. The fourth-order valence-electron chi connectivity index (χ4n) is 3.41. The summed E-state index contributed by atoms with van der Waals surface area (Å²) in [6.45, 7) is 2.20. The highest BCUT2D eigenvalue weighted by molar-refractivity contribution is 6.00. The number of unbranched alkanes of at least 4 members (excludes halogenated alkanes) is 5. The molecule has 1 aliphatic rings. The van der Waals surface area contributed by atoms with Crippen LogP contribution >= 0.6 is 0 Å². The van der Waals surface area contributed by atoms with Gasteiger partial charge in [-0.25, -0.2) is 9.59 Å². The molecule has 0 amide bonds. The fourth-order valence-corrected chi connectivity index (χ4v) is 3.41. The van der Waals surface area contributed by atoms with Crippen molar-refractivity contribution in [2.45, 2.75) is 77.6 Å². The zero-order valence-corrected chi connectivity index (χ0v) is 15.0. The Morgan fingerprint density at radius 3 is 2.00 bits per heavy atom. The highest BCUT2D eigenvalue weighted by Crippen LogP contribution is 2.35. The van der Waals surface area contributed by atoms with Crippen LogP contribution in [0.5, 0.6) is 0 Å². The number of carbonyl (C=O) groups is 2. The van der Waals surface area contributed by atoms with E-state index in [0.29, 0.717) is 17.6 Å². The molecular formula is C19H32O4. The second kappa shape index (κ2) is 11.3. The molecule has 0 aromatic rings. The Labute approximate surface area is 140 Å². The van der Waals surface area contributed by atoms with Crippen LogP contribution in [0.4, 0.5) is 0 Å². The number of methoxy groups -OCH3 is 2. The first-order valence-electron chi connectivity index (χ1n) is 9.05. The summed E-state index contributed by atoms with van der Waals surface area (Å²) in [5.74, 6) is -0.578. The van der Waals surface area contributed by atoms with Crippen molar-refractivity contribution in [1.29, 1.82) is 0 Å². The monoisotopic (exact) mass is 324 g/mol. The average Bonchev–Trinajstić information content (AvgIpc) is 3.09. The van der Waals surface area contributed by atoms with Crippen LogP contribution in [0.15, 0.2) is 11.1 Å². The maximum atomic E-state index is 12.2. The molecule has 0 spiro atoms. The van der Waals surface area contributed by atoms with Crippen LogP contribution in [0.2, 0.25) is 0 Å². The third-order valence-corrected chi connectivity index (χ3v) is 4.71. The van der Waals surface area contributed by atoms with Crippen molar-refractivity contribution in [3.8, 4) is 0 Å². The number of ether oxygens (including phenoxy) is 2. The molecule has 23 heavy (non-hydrogen) atoms. The van der Waals surface area contributed by atoms with Crippen LogP contribution in [0.3, 0.4) is 0 Å². The van der Waals surface area contributed by atoms with E-state index in [4.69, 9.17) is 9.47 Å². The molecule has 132 valence electrons. The molecular weight excluding hydrogens is 292 g/mol. The minimum absolute atomic E-state index is 0.150. The van der Waals surface area contributed by atoms with Gasteiger partial charge in [0, 0.05) is 5.57 Å². The molecule has 4 heteroatoms. The molecule has 0 bridgehead atoms. The van der Waals surface area contributed by atoms with Gasteiger partial charge >= 0.3 is 11.9 Å². The SMILES string of the molecule is CCCCCCCC/C(C(=O)OC)=C(/C(=O)OC)C1CCCC1. The minimum Gasteiger partial charge on any atom is -0.466 e. The lowest BCUT2D eigenvalue weighted by molar-refractivity contribution is -0.140. The highest BCUT2D eigenvalue weighted by Gasteiger charge is 2.30. The molecule has 0 saturated heterocycles. The van der Waals surface area contributed by atoms with E-state index < -0.39 is 0 Å². The van der Waals surface area contributed by atoms with Crippen molar-refractivity contribution < 1.29 is 19.1 Å². The predicted molar refractivity (Wildman–Crippen MR) is 91.0 cm³/mol. The predicted octanol–water partition coefficient (Wildman–Crippen LogP) is 4.57. The second-order valence-corrected chi connectivity index (χ2v) is 6.37. The second-order valence-electron chi connectivity index (χ2n) is 6.37. The quantitative estimate of drug-likeness (QED) is 0.335. The number of hydrogen-bond donors (Lipinski definition) is 0. The van der Waals surface area contributed by atoms with Gasteiger partial charge in [0.15, 0.2) is 0 Å². The van der Waals surface area contributed by atoms with Crippen LogP contribution in [0, 0.1) is 5.92 Å². The first kappa shape index (κ1) is 19.7. The number of rotatable bonds is 10. The van der Waals surface area contributed by atoms with Crippen LogP contribution < -0.4 is 0 Å². The molecule has 0 aromatic heterocycles. The van der Waals surface area contributed by atoms with E-state index in [1.165, 1.54) is 39.9 Å². The van der Waals surface area contributed by atoms with Gasteiger partial charge in [-0.3, -0.25) is 0 Å². The van der Waals surface area contributed by atoms with Gasteiger partial charge in [0.2, 0.25) is 0 Å². The Bertz CT molecular complexity index is 406. The number of esters is 2. The zero-order valence-electron chi connectivity index (χ0n) is 15.0. The lowest BCUT2D eigenvalue weighted by Crippen LogP contribution is -2.20. The first-order chi connectivity index (χ1) is 11.2. The molecule has 0 N–H and O–H groups in total. The smallest absolute Gasteiger partial charge is 0.334 e. The Balaban J connectivity index is 2.81. The van der Waals surface area contributed by atoms with Crippen molar-refractivity contribution >= 4 is 11.9 Å². The maximum absolute atomic E-state index is 12.2.